The molecule has 0 N–H and O–H groups in total. The number of rotatable bonds is 3. The highest BCUT2D eigenvalue weighted by Crippen LogP contribution is 2.35. The van der Waals surface area contributed by atoms with E-state index in [4.69, 9.17) is 0 Å². The molecule has 3 nitrogen and oxygen atoms in total. The second-order valence-electron chi connectivity index (χ2n) is 6.72. The van der Waals surface area contributed by atoms with Gasteiger partial charge in [0.1, 0.15) is 0 Å². The van der Waals surface area contributed by atoms with Crippen LogP contribution in [0.25, 0.3) is 0 Å². The second kappa shape index (κ2) is 6.56. The maximum Gasteiger partial charge on any atom is 0.219 e. The average Bonchev–Trinajstić information content (AvgIpc) is 3.16. The number of halogens is 2. The zero-order chi connectivity index (χ0) is 16.6. The Kier molecular flexibility index (Phi) is 4.67. The molecule has 1 amide bonds. The summed E-state index contributed by atoms with van der Waals surface area (Å²) in [5.74, 6) is -1.46. The van der Waals surface area contributed by atoms with Gasteiger partial charge in [-0.25, -0.2) is 8.78 Å². The van der Waals surface area contributed by atoms with Gasteiger partial charge in [-0.2, -0.15) is 0 Å². The van der Waals surface area contributed by atoms with Crippen molar-refractivity contribution in [1.82, 2.24) is 9.80 Å². The lowest BCUT2D eigenvalue weighted by Gasteiger charge is -2.38. The van der Waals surface area contributed by atoms with Crippen molar-refractivity contribution in [3.8, 4) is 0 Å². The Bertz CT molecular complexity index is 592. The lowest BCUT2D eigenvalue weighted by atomic mass is 9.99. The number of nitrogens with zero attached hydrogens (tertiary/aromatic N) is 2. The minimum Gasteiger partial charge on any atom is -0.338 e. The Morgan fingerprint density at radius 1 is 1.13 bits per heavy atom. The van der Waals surface area contributed by atoms with Gasteiger partial charge in [0, 0.05) is 31.6 Å². The maximum absolute atomic E-state index is 13.5. The van der Waals surface area contributed by atoms with Crippen molar-refractivity contribution in [2.75, 3.05) is 13.1 Å². The molecular weight excluding hydrogens is 298 g/mol. The van der Waals surface area contributed by atoms with E-state index in [9.17, 15) is 13.6 Å². The van der Waals surface area contributed by atoms with Crippen LogP contribution in [0.5, 0.6) is 0 Å². The zero-order valence-corrected chi connectivity index (χ0v) is 13.8. The monoisotopic (exact) mass is 322 g/mol. The van der Waals surface area contributed by atoms with Gasteiger partial charge in [-0.15, -0.1) is 0 Å². The standard InChI is InChI=1S/C18H24F2N2O/c1-12(14-7-8-15(19)16(20)11-14)21-9-3-5-17(21)18-6-4-10-22(18)13(2)23/h7-8,11-12,17-18H,3-6,9-10H2,1-2H3. The first-order chi connectivity index (χ1) is 11.0. The van der Waals surface area contributed by atoms with Gasteiger partial charge in [-0.05, 0) is 56.8 Å². The fraction of sp³-hybridized carbons (Fsp3) is 0.611. The van der Waals surface area contributed by atoms with Gasteiger partial charge < -0.3 is 4.90 Å². The van der Waals surface area contributed by atoms with Crippen LogP contribution in [0, 0.1) is 11.6 Å². The third-order valence-corrected chi connectivity index (χ3v) is 5.41. The van der Waals surface area contributed by atoms with E-state index in [-0.39, 0.29) is 18.0 Å². The van der Waals surface area contributed by atoms with Crippen LogP contribution in [0.15, 0.2) is 18.2 Å². The molecule has 0 aliphatic carbocycles. The molecule has 0 spiro atoms. The molecule has 23 heavy (non-hydrogen) atoms. The molecule has 0 bridgehead atoms. The molecule has 126 valence electrons. The molecular formula is C18H24F2N2O. The molecule has 0 radical (unpaired) electrons. The van der Waals surface area contributed by atoms with Crippen LogP contribution in [0.3, 0.4) is 0 Å². The highest BCUT2D eigenvalue weighted by Gasteiger charge is 2.40. The van der Waals surface area contributed by atoms with E-state index in [2.05, 4.69) is 4.90 Å². The molecule has 0 saturated carbocycles. The summed E-state index contributed by atoms with van der Waals surface area (Å²) in [6, 6.07) is 4.74. The van der Waals surface area contributed by atoms with Crippen molar-refractivity contribution >= 4 is 5.91 Å². The van der Waals surface area contributed by atoms with Crippen molar-refractivity contribution < 1.29 is 13.6 Å². The predicted octanol–water partition coefficient (Wildman–Crippen LogP) is 3.50. The minimum absolute atomic E-state index is 0.0204. The summed E-state index contributed by atoms with van der Waals surface area (Å²) in [5.41, 5.74) is 0.795. The Morgan fingerprint density at radius 2 is 1.83 bits per heavy atom. The van der Waals surface area contributed by atoms with E-state index in [1.807, 2.05) is 11.8 Å². The quantitative estimate of drug-likeness (QED) is 0.850. The fourth-order valence-corrected chi connectivity index (χ4v) is 4.26. The van der Waals surface area contributed by atoms with Crippen molar-refractivity contribution in [2.24, 2.45) is 0 Å². The first-order valence-electron chi connectivity index (χ1n) is 8.47. The minimum atomic E-state index is -0.808. The normalized spacial score (nSPS) is 26.7. The second-order valence-corrected chi connectivity index (χ2v) is 6.72. The van der Waals surface area contributed by atoms with Crippen LogP contribution in [-0.4, -0.2) is 40.9 Å². The van der Waals surface area contributed by atoms with E-state index in [1.165, 1.54) is 12.1 Å². The average molecular weight is 322 g/mol. The smallest absolute Gasteiger partial charge is 0.219 e. The maximum atomic E-state index is 13.5. The van der Waals surface area contributed by atoms with E-state index in [0.29, 0.717) is 6.04 Å². The Morgan fingerprint density at radius 3 is 2.52 bits per heavy atom. The van der Waals surface area contributed by atoms with Gasteiger partial charge in [0.25, 0.3) is 0 Å². The van der Waals surface area contributed by atoms with Crippen molar-refractivity contribution in [3.63, 3.8) is 0 Å². The van der Waals surface area contributed by atoms with Gasteiger partial charge in [0.2, 0.25) is 5.91 Å². The van der Waals surface area contributed by atoms with Gasteiger partial charge >= 0.3 is 0 Å². The van der Waals surface area contributed by atoms with Crippen LogP contribution >= 0.6 is 0 Å². The van der Waals surface area contributed by atoms with E-state index in [0.717, 1.165) is 44.3 Å². The molecule has 3 unspecified atom stereocenters. The number of benzene rings is 1. The summed E-state index contributed by atoms with van der Waals surface area (Å²) >= 11 is 0. The highest BCUT2D eigenvalue weighted by molar-refractivity contribution is 5.74. The van der Waals surface area contributed by atoms with Crippen LogP contribution < -0.4 is 0 Å². The number of carbonyl (C=O) groups excluding carboxylic acids is 1. The molecule has 1 aromatic carbocycles. The Balaban J connectivity index is 1.80. The van der Waals surface area contributed by atoms with Crippen molar-refractivity contribution in [3.05, 3.63) is 35.4 Å². The summed E-state index contributed by atoms with van der Waals surface area (Å²) in [7, 11) is 0. The van der Waals surface area contributed by atoms with Crippen LogP contribution in [0.4, 0.5) is 8.78 Å². The Hall–Kier alpha value is -1.49. The van der Waals surface area contributed by atoms with E-state index >= 15 is 0 Å². The van der Waals surface area contributed by atoms with Crippen molar-refractivity contribution in [1.29, 1.82) is 0 Å². The lowest BCUT2D eigenvalue weighted by molar-refractivity contribution is -0.130. The molecule has 3 rings (SSSR count). The fourth-order valence-electron chi connectivity index (χ4n) is 4.26. The van der Waals surface area contributed by atoms with Crippen LogP contribution in [-0.2, 0) is 4.79 Å². The number of hydrogen-bond acceptors (Lipinski definition) is 2. The summed E-state index contributed by atoms with van der Waals surface area (Å²) in [6.45, 7) is 5.45. The zero-order valence-electron chi connectivity index (χ0n) is 13.8. The topological polar surface area (TPSA) is 23.6 Å². The van der Waals surface area contributed by atoms with Gasteiger partial charge in [0.15, 0.2) is 11.6 Å². The summed E-state index contributed by atoms with van der Waals surface area (Å²) in [5, 5.41) is 0. The van der Waals surface area contributed by atoms with Gasteiger partial charge in [-0.1, -0.05) is 6.07 Å². The van der Waals surface area contributed by atoms with Gasteiger partial charge in [-0.3, -0.25) is 9.69 Å². The molecule has 0 aromatic heterocycles. The molecule has 3 atom stereocenters. The molecule has 2 heterocycles. The third-order valence-electron chi connectivity index (χ3n) is 5.41. The molecule has 1 aromatic rings. The summed E-state index contributed by atoms with van der Waals surface area (Å²) in [4.78, 5) is 16.2. The molecule has 2 fully saturated rings. The lowest BCUT2D eigenvalue weighted by Crippen LogP contribution is -2.48. The van der Waals surface area contributed by atoms with Crippen LogP contribution in [0.1, 0.15) is 51.1 Å². The number of carbonyl (C=O) groups is 1. The van der Waals surface area contributed by atoms with E-state index < -0.39 is 11.6 Å². The first kappa shape index (κ1) is 16.4. The van der Waals surface area contributed by atoms with E-state index in [1.54, 1.807) is 13.0 Å². The molecule has 2 aliphatic heterocycles. The SMILES string of the molecule is CC(=O)N1CCCC1C1CCCN1C(C)c1ccc(F)c(F)c1. The number of amides is 1. The Labute approximate surface area is 136 Å². The highest BCUT2D eigenvalue weighted by atomic mass is 19.2. The predicted molar refractivity (Wildman–Crippen MR) is 84.9 cm³/mol. The largest absolute Gasteiger partial charge is 0.338 e. The molecule has 5 heteroatoms. The number of hydrogen-bond donors (Lipinski definition) is 0. The summed E-state index contributed by atoms with van der Waals surface area (Å²) < 4.78 is 26.7. The summed E-state index contributed by atoms with van der Waals surface area (Å²) in [6.07, 6.45) is 4.22. The van der Waals surface area contributed by atoms with Crippen molar-refractivity contribution in [2.45, 2.75) is 57.7 Å². The first-order valence-corrected chi connectivity index (χ1v) is 8.47. The van der Waals surface area contributed by atoms with Gasteiger partial charge in [0.05, 0.1) is 0 Å². The molecule has 2 saturated heterocycles. The third kappa shape index (κ3) is 3.11. The number of likely N-dealkylation sites (tertiary alicyclic amines) is 2. The molecule has 2 aliphatic rings. The van der Waals surface area contributed by atoms with Crippen LogP contribution in [0.2, 0.25) is 0 Å².